The number of rotatable bonds is 2. The van der Waals surface area contributed by atoms with Gasteiger partial charge < -0.3 is 11.1 Å². The summed E-state index contributed by atoms with van der Waals surface area (Å²) in [5.74, 6) is -0.326. The minimum absolute atomic E-state index is 0.326. The normalized spacial score (nSPS) is 9.83. The first kappa shape index (κ1) is 12.4. The van der Waals surface area contributed by atoms with Gasteiger partial charge in [-0.3, -0.25) is 0 Å². The molecule has 0 atom stereocenters. The van der Waals surface area contributed by atoms with Gasteiger partial charge in [0.25, 0.3) is 0 Å². The van der Waals surface area contributed by atoms with Crippen LogP contribution in [0, 0.1) is 17.1 Å². The number of nitrogens with zero attached hydrogens (tertiary/aromatic N) is 1. The molecule has 0 amide bonds. The fraction of sp³-hybridized carbons (Fsp3) is 0. The number of nitrogens with two attached hydrogens (primary N) is 1. The first-order valence-corrected chi connectivity index (χ1v) is 5.91. The summed E-state index contributed by atoms with van der Waals surface area (Å²) >= 11 is 3.11. The zero-order valence-electron chi connectivity index (χ0n) is 9.24. The molecule has 0 spiro atoms. The summed E-state index contributed by atoms with van der Waals surface area (Å²) in [6.45, 7) is 0. The van der Waals surface area contributed by atoms with Crippen LogP contribution in [0.5, 0.6) is 0 Å². The van der Waals surface area contributed by atoms with Crippen molar-refractivity contribution in [2.75, 3.05) is 11.1 Å². The van der Waals surface area contributed by atoms with E-state index in [0.29, 0.717) is 27.1 Å². The molecule has 0 unspecified atom stereocenters. The smallest absolute Gasteiger partial charge is 0.137 e. The van der Waals surface area contributed by atoms with E-state index in [2.05, 4.69) is 21.2 Å². The van der Waals surface area contributed by atoms with Crippen LogP contribution in [0.1, 0.15) is 5.56 Å². The van der Waals surface area contributed by atoms with E-state index in [-0.39, 0.29) is 5.82 Å². The molecule has 0 bridgehead atoms. The Bertz CT molecular complexity index is 635. The summed E-state index contributed by atoms with van der Waals surface area (Å²) in [5.41, 5.74) is 8.16. The molecule has 3 N–H and O–H groups in total. The minimum atomic E-state index is -0.326. The maximum Gasteiger partial charge on any atom is 0.137 e. The highest BCUT2D eigenvalue weighted by Gasteiger charge is 2.04. The van der Waals surface area contributed by atoms with Crippen molar-refractivity contribution in [3.05, 3.63) is 52.3 Å². The average molecular weight is 306 g/mol. The van der Waals surface area contributed by atoms with E-state index in [9.17, 15) is 4.39 Å². The van der Waals surface area contributed by atoms with Crippen LogP contribution in [-0.4, -0.2) is 0 Å². The highest BCUT2D eigenvalue weighted by atomic mass is 79.9. The Labute approximate surface area is 112 Å². The molecule has 3 nitrogen and oxygen atoms in total. The van der Waals surface area contributed by atoms with Crippen LogP contribution >= 0.6 is 15.9 Å². The first-order chi connectivity index (χ1) is 8.60. The van der Waals surface area contributed by atoms with E-state index >= 15 is 0 Å². The predicted octanol–water partition coefficient (Wildman–Crippen LogP) is 3.79. The molecular weight excluding hydrogens is 297 g/mol. The van der Waals surface area contributed by atoms with E-state index < -0.39 is 0 Å². The van der Waals surface area contributed by atoms with Crippen LogP contribution in [-0.2, 0) is 0 Å². The molecule has 0 saturated heterocycles. The van der Waals surface area contributed by atoms with Crippen molar-refractivity contribution in [3.8, 4) is 6.07 Å². The zero-order chi connectivity index (χ0) is 13.1. The molecule has 2 rings (SSSR count). The van der Waals surface area contributed by atoms with Crippen molar-refractivity contribution >= 4 is 33.0 Å². The molecule has 0 heterocycles. The van der Waals surface area contributed by atoms with Crippen LogP contribution in [0.3, 0.4) is 0 Å². The van der Waals surface area contributed by atoms with Crippen molar-refractivity contribution in [1.82, 2.24) is 0 Å². The number of hydrogen-bond donors (Lipinski definition) is 2. The molecule has 0 fully saturated rings. The Morgan fingerprint density at radius 3 is 2.61 bits per heavy atom. The van der Waals surface area contributed by atoms with Gasteiger partial charge in [-0.2, -0.15) is 5.26 Å². The maximum atomic E-state index is 13.1. The second-order valence-electron chi connectivity index (χ2n) is 3.67. The lowest BCUT2D eigenvalue weighted by molar-refractivity contribution is 0.621. The van der Waals surface area contributed by atoms with E-state index in [0.717, 1.165) is 0 Å². The quantitative estimate of drug-likeness (QED) is 0.830. The lowest BCUT2D eigenvalue weighted by Gasteiger charge is -2.10. The van der Waals surface area contributed by atoms with Crippen molar-refractivity contribution in [1.29, 1.82) is 5.26 Å². The molecule has 2 aromatic carbocycles. The summed E-state index contributed by atoms with van der Waals surface area (Å²) in [6.07, 6.45) is 0. The monoisotopic (exact) mass is 305 g/mol. The first-order valence-electron chi connectivity index (χ1n) is 5.12. The highest BCUT2D eigenvalue weighted by Crippen LogP contribution is 2.26. The molecule has 0 radical (unpaired) electrons. The molecular formula is C13H9BrFN3. The van der Waals surface area contributed by atoms with Crippen LogP contribution < -0.4 is 11.1 Å². The lowest BCUT2D eigenvalue weighted by atomic mass is 10.2. The van der Waals surface area contributed by atoms with Gasteiger partial charge in [-0.05, 0) is 52.3 Å². The molecule has 0 saturated carbocycles. The molecule has 0 aromatic heterocycles. The van der Waals surface area contributed by atoms with Gasteiger partial charge in [0.2, 0.25) is 0 Å². The van der Waals surface area contributed by atoms with Crippen LogP contribution in [0.25, 0.3) is 0 Å². The van der Waals surface area contributed by atoms with Gasteiger partial charge in [0.1, 0.15) is 5.82 Å². The van der Waals surface area contributed by atoms with Gasteiger partial charge in [-0.25, -0.2) is 4.39 Å². The maximum absolute atomic E-state index is 13.1. The van der Waals surface area contributed by atoms with Gasteiger partial charge in [0, 0.05) is 5.69 Å². The van der Waals surface area contributed by atoms with Gasteiger partial charge in [-0.1, -0.05) is 0 Å². The van der Waals surface area contributed by atoms with Crippen molar-refractivity contribution in [3.63, 3.8) is 0 Å². The van der Waals surface area contributed by atoms with Crippen molar-refractivity contribution < 1.29 is 4.39 Å². The summed E-state index contributed by atoms with van der Waals surface area (Å²) in [6, 6.07) is 11.6. The summed E-state index contributed by atoms with van der Waals surface area (Å²) in [5, 5.41) is 11.8. The fourth-order valence-electron chi connectivity index (χ4n) is 1.48. The number of nitrogen functional groups attached to an aromatic ring is 1. The van der Waals surface area contributed by atoms with E-state index in [1.807, 2.05) is 6.07 Å². The Balaban J connectivity index is 2.29. The molecule has 0 aliphatic rings. The molecule has 0 aliphatic carbocycles. The Hall–Kier alpha value is -2.06. The second kappa shape index (κ2) is 5.07. The van der Waals surface area contributed by atoms with E-state index in [1.54, 1.807) is 30.3 Å². The van der Waals surface area contributed by atoms with Crippen molar-refractivity contribution in [2.24, 2.45) is 0 Å². The molecule has 90 valence electrons. The summed E-state index contributed by atoms with van der Waals surface area (Å²) in [4.78, 5) is 0. The number of anilines is 3. The molecule has 5 heteroatoms. The third kappa shape index (κ3) is 2.60. The Kier molecular flexibility index (Phi) is 3.49. The number of nitriles is 1. The lowest BCUT2D eigenvalue weighted by Crippen LogP contribution is -1.97. The highest BCUT2D eigenvalue weighted by molar-refractivity contribution is 9.10. The topological polar surface area (TPSA) is 61.8 Å². The number of hydrogen-bond acceptors (Lipinski definition) is 3. The van der Waals surface area contributed by atoms with Crippen molar-refractivity contribution in [2.45, 2.75) is 0 Å². The number of benzene rings is 2. The van der Waals surface area contributed by atoms with Gasteiger partial charge >= 0.3 is 0 Å². The largest absolute Gasteiger partial charge is 0.397 e. The predicted molar refractivity (Wildman–Crippen MR) is 73.0 cm³/mol. The van der Waals surface area contributed by atoms with E-state index in [4.69, 9.17) is 11.0 Å². The van der Waals surface area contributed by atoms with E-state index in [1.165, 1.54) is 6.07 Å². The average Bonchev–Trinajstić information content (AvgIpc) is 2.36. The molecule has 0 aliphatic heterocycles. The third-order valence-electron chi connectivity index (χ3n) is 2.38. The molecule has 18 heavy (non-hydrogen) atoms. The fourth-order valence-corrected chi connectivity index (χ4v) is 1.85. The standard InChI is InChI=1S/C13H9BrFN3/c14-10-6-9(2-3-11(10)15)18-13-4-1-8(7-16)5-12(13)17/h1-6,18H,17H2. The third-order valence-corrected chi connectivity index (χ3v) is 2.99. The van der Waals surface area contributed by atoms with Gasteiger partial charge in [0.15, 0.2) is 0 Å². The minimum Gasteiger partial charge on any atom is -0.397 e. The second-order valence-corrected chi connectivity index (χ2v) is 4.52. The Morgan fingerprint density at radius 2 is 2.00 bits per heavy atom. The van der Waals surface area contributed by atoms with Crippen LogP contribution in [0.2, 0.25) is 0 Å². The van der Waals surface area contributed by atoms with Gasteiger partial charge in [0.05, 0.1) is 27.5 Å². The zero-order valence-corrected chi connectivity index (χ0v) is 10.8. The van der Waals surface area contributed by atoms with Crippen LogP contribution in [0.4, 0.5) is 21.5 Å². The van der Waals surface area contributed by atoms with Crippen LogP contribution in [0.15, 0.2) is 40.9 Å². The SMILES string of the molecule is N#Cc1ccc(Nc2ccc(F)c(Br)c2)c(N)c1. The number of halogens is 2. The Morgan fingerprint density at radius 1 is 1.22 bits per heavy atom. The van der Waals surface area contributed by atoms with Gasteiger partial charge in [-0.15, -0.1) is 0 Å². The summed E-state index contributed by atoms with van der Waals surface area (Å²) in [7, 11) is 0. The molecule has 2 aromatic rings. The number of nitrogens with one attached hydrogen (secondary N) is 1. The summed E-state index contributed by atoms with van der Waals surface area (Å²) < 4.78 is 13.5.